The molecule has 0 aliphatic rings. The maximum atomic E-state index is 10.0. The molecule has 1 rings (SSSR count). The van der Waals surface area contributed by atoms with Crippen molar-refractivity contribution in [3.05, 3.63) is 35.9 Å². The summed E-state index contributed by atoms with van der Waals surface area (Å²) >= 11 is 0. The molecule has 0 aliphatic carbocycles. The lowest BCUT2D eigenvalue weighted by Crippen LogP contribution is -2.06. The van der Waals surface area contributed by atoms with Crippen LogP contribution in [0.2, 0.25) is 0 Å². The summed E-state index contributed by atoms with van der Waals surface area (Å²) in [4.78, 5) is 10.0. The van der Waals surface area contributed by atoms with E-state index in [1.54, 1.807) is 0 Å². The summed E-state index contributed by atoms with van der Waals surface area (Å²) in [6.45, 7) is 11.6. The van der Waals surface area contributed by atoms with E-state index in [2.05, 4.69) is 37.6 Å². The van der Waals surface area contributed by atoms with Gasteiger partial charge in [0, 0.05) is 6.92 Å². The van der Waals surface area contributed by atoms with Crippen LogP contribution in [0.5, 0.6) is 0 Å². The van der Waals surface area contributed by atoms with Crippen molar-refractivity contribution in [1.29, 1.82) is 0 Å². The minimum absolute atomic E-state index is 0.0255. The highest BCUT2D eigenvalue weighted by Crippen LogP contribution is 2.00. The van der Waals surface area contributed by atoms with Crippen molar-refractivity contribution in [3.8, 4) is 0 Å². The second-order valence-electron chi connectivity index (χ2n) is 5.37. The van der Waals surface area contributed by atoms with Crippen LogP contribution in [-0.4, -0.2) is 12.1 Å². The SMILES string of the molecule is CC(=O)OC(C)C.CCCCCCC.Cc1ccccc1. The zero-order chi connectivity index (χ0) is 16.5. The molecule has 2 heteroatoms. The van der Waals surface area contributed by atoms with Crippen LogP contribution in [0.1, 0.15) is 72.3 Å². The Morgan fingerprint density at radius 2 is 1.48 bits per heavy atom. The average molecular weight is 294 g/mol. The highest BCUT2D eigenvalue weighted by atomic mass is 16.5. The lowest BCUT2D eigenvalue weighted by atomic mass is 10.2. The summed E-state index contributed by atoms with van der Waals surface area (Å²) in [5, 5.41) is 0. The number of unbranched alkanes of at least 4 members (excludes halogenated alkanes) is 4. The van der Waals surface area contributed by atoms with E-state index in [-0.39, 0.29) is 12.1 Å². The average Bonchev–Trinajstić information content (AvgIpc) is 2.40. The highest BCUT2D eigenvalue weighted by molar-refractivity contribution is 5.66. The van der Waals surface area contributed by atoms with Gasteiger partial charge < -0.3 is 4.74 Å². The summed E-state index contributed by atoms with van der Waals surface area (Å²) in [6, 6.07) is 10.3. The van der Waals surface area contributed by atoms with Crippen molar-refractivity contribution < 1.29 is 9.53 Å². The van der Waals surface area contributed by atoms with Crippen molar-refractivity contribution in [2.24, 2.45) is 0 Å². The van der Waals surface area contributed by atoms with Gasteiger partial charge in [0.1, 0.15) is 0 Å². The van der Waals surface area contributed by atoms with E-state index >= 15 is 0 Å². The number of ether oxygens (including phenoxy) is 1. The molecule has 0 spiro atoms. The quantitative estimate of drug-likeness (QED) is 0.497. The normalized spacial score (nSPS) is 9.10. The zero-order valence-corrected chi connectivity index (χ0v) is 14.8. The van der Waals surface area contributed by atoms with E-state index in [0.717, 1.165) is 0 Å². The minimum atomic E-state index is -0.213. The van der Waals surface area contributed by atoms with E-state index in [1.807, 2.05) is 32.0 Å². The molecule has 0 N–H and O–H groups in total. The fraction of sp³-hybridized carbons (Fsp3) is 0.632. The topological polar surface area (TPSA) is 26.3 Å². The molecule has 1 aromatic rings. The Bertz CT molecular complexity index is 314. The van der Waals surface area contributed by atoms with Crippen molar-refractivity contribution in [2.45, 2.75) is 79.8 Å². The first-order valence-corrected chi connectivity index (χ1v) is 8.12. The first kappa shape index (κ1) is 22.0. The van der Waals surface area contributed by atoms with Crippen LogP contribution in [0.4, 0.5) is 0 Å². The Kier molecular flexibility index (Phi) is 17.5. The first-order chi connectivity index (χ1) is 9.93. The summed E-state index contributed by atoms with van der Waals surface area (Å²) in [6.07, 6.45) is 7.03. The third kappa shape index (κ3) is 24.1. The maximum Gasteiger partial charge on any atom is 0.302 e. The molecule has 0 saturated carbocycles. The van der Waals surface area contributed by atoms with Crippen LogP contribution in [0.3, 0.4) is 0 Å². The molecule has 21 heavy (non-hydrogen) atoms. The summed E-state index contributed by atoms with van der Waals surface area (Å²) in [5.74, 6) is -0.213. The van der Waals surface area contributed by atoms with E-state index in [1.165, 1.54) is 44.6 Å². The van der Waals surface area contributed by atoms with Crippen LogP contribution >= 0.6 is 0 Å². The summed E-state index contributed by atoms with van der Waals surface area (Å²) in [5.41, 5.74) is 1.32. The molecular weight excluding hydrogens is 260 g/mol. The predicted octanol–water partition coefficient (Wildman–Crippen LogP) is 5.93. The van der Waals surface area contributed by atoms with Gasteiger partial charge in [0.2, 0.25) is 0 Å². The largest absolute Gasteiger partial charge is 0.463 e. The predicted molar refractivity (Wildman–Crippen MR) is 92.5 cm³/mol. The first-order valence-electron chi connectivity index (χ1n) is 8.12. The van der Waals surface area contributed by atoms with E-state index in [4.69, 9.17) is 0 Å². The van der Waals surface area contributed by atoms with E-state index in [9.17, 15) is 4.79 Å². The smallest absolute Gasteiger partial charge is 0.302 e. The monoisotopic (exact) mass is 294 g/mol. The van der Waals surface area contributed by atoms with Gasteiger partial charge in [-0.2, -0.15) is 0 Å². The van der Waals surface area contributed by atoms with Gasteiger partial charge in [-0.25, -0.2) is 0 Å². The Balaban J connectivity index is 0. The van der Waals surface area contributed by atoms with Crippen LogP contribution in [0.25, 0.3) is 0 Å². The fourth-order valence-corrected chi connectivity index (χ4v) is 1.54. The summed E-state index contributed by atoms with van der Waals surface area (Å²) < 4.78 is 4.61. The van der Waals surface area contributed by atoms with E-state index in [0.29, 0.717) is 0 Å². The molecule has 0 unspecified atom stereocenters. The van der Waals surface area contributed by atoms with Crippen LogP contribution in [0.15, 0.2) is 30.3 Å². The maximum absolute atomic E-state index is 10.0. The van der Waals surface area contributed by atoms with Crippen molar-refractivity contribution in [3.63, 3.8) is 0 Å². The molecular formula is C19H34O2. The summed E-state index contributed by atoms with van der Waals surface area (Å²) in [7, 11) is 0. The lowest BCUT2D eigenvalue weighted by molar-refractivity contribution is -0.144. The Hall–Kier alpha value is -1.31. The standard InChI is InChI=1S/C7H8.C7H16.C5H10O2/c1-7-5-3-2-4-6-7;1-3-5-7-6-4-2;1-4(2)7-5(3)6/h2-6H,1H3;3-7H2,1-2H3;4H,1-3H3. The number of hydrogen-bond donors (Lipinski definition) is 0. The molecule has 0 atom stereocenters. The van der Waals surface area contributed by atoms with Crippen molar-refractivity contribution in [1.82, 2.24) is 0 Å². The number of benzene rings is 1. The van der Waals surface area contributed by atoms with Crippen molar-refractivity contribution >= 4 is 5.97 Å². The van der Waals surface area contributed by atoms with Gasteiger partial charge in [0.25, 0.3) is 0 Å². The minimum Gasteiger partial charge on any atom is -0.463 e. The molecule has 0 bridgehead atoms. The van der Waals surface area contributed by atoms with Crippen molar-refractivity contribution in [2.75, 3.05) is 0 Å². The Morgan fingerprint density at radius 3 is 1.67 bits per heavy atom. The molecule has 122 valence electrons. The molecule has 0 radical (unpaired) electrons. The van der Waals surface area contributed by atoms with Gasteiger partial charge >= 0.3 is 5.97 Å². The molecule has 2 nitrogen and oxygen atoms in total. The number of esters is 1. The second-order valence-corrected chi connectivity index (χ2v) is 5.37. The Morgan fingerprint density at radius 1 is 1.00 bits per heavy atom. The number of carbonyl (C=O) groups is 1. The lowest BCUT2D eigenvalue weighted by Gasteiger charge is -2.01. The molecule has 0 heterocycles. The second kappa shape index (κ2) is 16.7. The number of carbonyl (C=O) groups excluding carboxylic acids is 1. The molecule has 0 amide bonds. The molecule has 0 aromatic heterocycles. The van der Waals surface area contributed by atoms with E-state index < -0.39 is 0 Å². The number of rotatable bonds is 5. The molecule has 0 aliphatic heterocycles. The Labute approximate surface area is 131 Å². The van der Waals surface area contributed by atoms with Gasteiger partial charge in [-0.05, 0) is 20.8 Å². The third-order valence-corrected chi connectivity index (χ3v) is 2.55. The van der Waals surface area contributed by atoms with Crippen LogP contribution in [0, 0.1) is 6.92 Å². The third-order valence-electron chi connectivity index (χ3n) is 2.55. The fourth-order valence-electron chi connectivity index (χ4n) is 1.54. The van der Waals surface area contributed by atoms with Crippen LogP contribution in [-0.2, 0) is 9.53 Å². The molecule has 1 aromatic carbocycles. The van der Waals surface area contributed by atoms with Crippen LogP contribution < -0.4 is 0 Å². The van der Waals surface area contributed by atoms with Gasteiger partial charge in [-0.3, -0.25) is 4.79 Å². The van der Waals surface area contributed by atoms with Gasteiger partial charge in [0.05, 0.1) is 6.10 Å². The van der Waals surface area contributed by atoms with Gasteiger partial charge in [-0.1, -0.05) is 81.8 Å². The number of aryl methyl sites for hydroxylation is 1. The van der Waals surface area contributed by atoms with Gasteiger partial charge in [0.15, 0.2) is 0 Å². The zero-order valence-electron chi connectivity index (χ0n) is 14.8. The van der Waals surface area contributed by atoms with Gasteiger partial charge in [-0.15, -0.1) is 0 Å². The number of hydrogen-bond acceptors (Lipinski definition) is 2. The highest BCUT2D eigenvalue weighted by Gasteiger charge is 1.93. The molecule has 0 fully saturated rings. The molecule has 0 saturated heterocycles.